The van der Waals surface area contributed by atoms with Gasteiger partial charge in [-0.2, -0.15) is 0 Å². The van der Waals surface area contributed by atoms with Gasteiger partial charge in [-0.15, -0.1) is 0 Å². The second kappa shape index (κ2) is 6.30. The van der Waals surface area contributed by atoms with E-state index < -0.39 is 0 Å². The van der Waals surface area contributed by atoms with Crippen molar-refractivity contribution in [1.29, 1.82) is 0 Å². The highest BCUT2D eigenvalue weighted by atomic mass is 35.5. The molecule has 0 unspecified atom stereocenters. The number of anilines is 1. The quantitative estimate of drug-likeness (QED) is 0.810. The fourth-order valence-electron chi connectivity index (χ4n) is 2.96. The molecule has 2 fully saturated rings. The van der Waals surface area contributed by atoms with Crippen LogP contribution in [0.3, 0.4) is 0 Å². The number of nitrogens with one attached hydrogen (secondary N) is 1. The molecule has 1 aromatic heterocycles. The van der Waals surface area contributed by atoms with Crippen molar-refractivity contribution in [2.24, 2.45) is 0 Å². The van der Waals surface area contributed by atoms with Gasteiger partial charge in [-0.05, 0) is 32.6 Å². The van der Waals surface area contributed by atoms with Crippen molar-refractivity contribution >= 4 is 17.4 Å². The first kappa shape index (κ1) is 14.1. The van der Waals surface area contributed by atoms with E-state index in [0.29, 0.717) is 17.1 Å². The Morgan fingerprint density at radius 3 is 2.25 bits per heavy atom. The van der Waals surface area contributed by atoms with Gasteiger partial charge in [0.15, 0.2) is 0 Å². The fourth-order valence-corrected chi connectivity index (χ4v) is 3.14. The molecule has 1 N–H and O–H groups in total. The Bertz CT molecular complexity index is 463. The summed E-state index contributed by atoms with van der Waals surface area (Å²) >= 11 is 6.28. The van der Waals surface area contributed by atoms with Crippen LogP contribution in [0.2, 0.25) is 5.15 Å². The highest BCUT2D eigenvalue weighted by molar-refractivity contribution is 6.30. The van der Waals surface area contributed by atoms with Crippen LogP contribution in [0.4, 0.5) is 5.82 Å². The molecule has 0 amide bonds. The summed E-state index contributed by atoms with van der Waals surface area (Å²) in [5, 5.41) is 4.27. The van der Waals surface area contributed by atoms with Gasteiger partial charge in [0.2, 0.25) is 0 Å². The van der Waals surface area contributed by atoms with E-state index in [4.69, 9.17) is 16.6 Å². The number of hydrogen-bond donors (Lipinski definition) is 1. The zero-order chi connectivity index (χ0) is 13.9. The molecule has 1 heterocycles. The molecule has 0 aliphatic heterocycles. The number of rotatable bonds is 3. The van der Waals surface area contributed by atoms with Crippen molar-refractivity contribution in [2.75, 3.05) is 5.32 Å². The number of hydrogen-bond acceptors (Lipinski definition) is 3. The summed E-state index contributed by atoms with van der Waals surface area (Å²) in [6.07, 6.45) is 11.7. The molecule has 2 aliphatic carbocycles. The molecule has 0 saturated heterocycles. The van der Waals surface area contributed by atoms with Gasteiger partial charge in [0.05, 0.1) is 0 Å². The molecule has 20 heavy (non-hydrogen) atoms. The van der Waals surface area contributed by atoms with Crippen LogP contribution in [-0.4, -0.2) is 16.0 Å². The first-order valence-corrected chi connectivity index (χ1v) is 8.42. The van der Waals surface area contributed by atoms with E-state index in [-0.39, 0.29) is 0 Å². The molecular formula is C16H24ClN3. The Kier molecular flexibility index (Phi) is 4.45. The van der Waals surface area contributed by atoms with Crippen LogP contribution in [0, 0.1) is 6.92 Å². The zero-order valence-corrected chi connectivity index (χ0v) is 13.0. The Morgan fingerprint density at radius 2 is 1.60 bits per heavy atom. The van der Waals surface area contributed by atoms with Crippen LogP contribution >= 0.6 is 11.6 Å². The summed E-state index contributed by atoms with van der Waals surface area (Å²) in [5.41, 5.74) is 0.998. The molecule has 0 atom stereocenters. The third-order valence-corrected chi connectivity index (χ3v) is 4.86. The van der Waals surface area contributed by atoms with Crippen LogP contribution in [0.25, 0.3) is 0 Å². The van der Waals surface area contributed by atoms with Gasteiger partial charge >= 0.3 is 0 Å². The predicted octanol–water partition coefficient (Wildman–Crippen LogP) is 4.84. The summed E-state index contributed by atoms with van der Waals surface area (Å²) in [4.78, 5) is 9.17. The van der Waals surface area contributed by atoms with Crippen molar-refractivity contribution in [3.05, 3.63) is 16.5 Å². The molecule has 3 rings (SSSR count). The second-order valence-electron chi connectivity index (χ2n) is 6.31. The van der Waals surface area contributed by atoms with E-state index in [2.05, 4.69) is 10.3 Å². The minimum absolute atomic E-state index is 0.547. The lowest BCUT2D eigenvalue weighted by atomic mass is 9.96. The minimum Gasteiger partial charge on any atom is -0.367 e. The normalized spacial score (nSPS) is 21.3. The summed E-state index contributed by atoms with van der Waals surface area (Å²) in [5.74, 6) is 2.46. The van der Waals surface area contributed by atoms with Crippen molar-refractivity contribution < 1.29 is 0 Å². The van der Waals surface area contributed by atoms with Gasteiger partial charge in [0, 0.05) is 17.5 Å². The maximum absolute atomic E-state index is 6.28. The van der Waals surface area contributed by atoms with Crippen LogP contribution in [0.15, 0.2) is 0 Å². The molecule has 0 aromatic carbocycles. The van der Waals surface area contributed by atoms with Gasteiger partial charge in [-0.25, -0.2) is 9.97 Å². The highest BCUT2D eigenvalue weighted by Gasteiger charge is 2.28. The van der Waals surface area contributed by atoms with Crippen molar-refractivity contribution in [3.8, 4) is 0 Å². The Labute approximate surface area is 126 Å². The fraction of sp³-hybridized carbons (Fsp3) is 0.750. The van der Waals surface area contributed by atoms with Gasteiger partial charge in [0.25, 0.3) is 0 Å². The lowest BCUT2D eigenvalue weighted by molar-refractivity contribution is 0.470. The van der Waals surface area contributed by atoms with Crippen molar-refractivity contribution in [1.82, 2.24) is 9.97 Å². The Balaban J connectivity index is 1.74. The van der Waals surface area contributed by atoms with Gasteiger partial charge < -0.3 is 5.32 Å². The van der Waals surface area contributed by atoms with Gasteiger partial charge in [-0.1, -0.05) is 43.7 Å². The topological polar surface area (TPSA) is 37.8 Å². The largest absolute Gasteiger partial charge is 0.367 e. The molecule has 110 valence electrons. The summed E-state index contributed by atoms with van der Waals surface area (Å²) in [6, 6.07) is 0.548. The van der Waals surface area contributed by atoms with Gasteiger partial charge in [-0.3, -0.25) is 0 Å². The van der Waals surface area contributed by atoms with Crippen molar-refractivity contribution in [2.45, 2.75) is 76.7 Å². The van der Waals surface area contributed by atoms with E-state index in [1.54, 1.807) is 0 Å². The average Bonchev–Trinajstić information content (AvgIpc) is 3.21. The third kappa shape index (κ3) is 3.43. The molecule has 4 heteroatoms. The highest BCUT2D eigenvalue weighted by Crippen LogP contribution is 2.39. The number of aromatic nitrogens is 2. The Morgan fingerprint density at radius 1 is 0.950 bits per heavy atom. The first-order valence-electron chi connectivity index (χ1n) is 8.04. The molecular weight excluding hydrogens is 270 g/mol. The summed E-state index contributed by atoms with van der Waals surface area (Å²) in [7, 11) is 0. The third-order valence-electron chi connectivity index (χ3n) is 4.49. The van der Waals surface area contributed by atoms with E-state index >= 15 is 0 Å². The summed E-state index contributed by atoms with van der Waals surface area (Å²) < 4.78 is 0. The van der Waals surface area contributed by atoms with Crippen LogP contribution in [0.1, 0.15) is 75.1 Å². The molecule has 0 bridgehead atoms. The van der Waals surface area contributed by atoms with E-state index in [0.717, 1.165) is 17.2 Å². The van der Waals surface area contributed by atoms with Crippen molar-refractivity contribution in [3.63, 3.8) is 0 Å². The van der Waals surface area contributed by atoms with E-state index in [1.165, 1.54) is 57.8 Å². The summed E-state index contributed by atoms with van der Waals surface area (Å²) in [6.45, 7) is 2.02. The molecule has 0 spiro atoms. The SMILES string of the molecule is Cc1c(Cl)nc(C2CC2)nc1NC1CCCCCCC1. The standard InChI is InChI=1S/C16H24ClN3/c1-11-14(17)19-16(12-9-10-12)20-15(11)18-13-7-5-3-2-4-6-8-13/h12-13H,2-10H2,1H3,(H,18,19,20). The molecule has 2 aliphatic rings. The monoisotopic (exact) mass is 293 g/mol. The second-order valence-corrected chi connectivity index (χ2v) is 6.66. The average molecular weight is 294 g/mol. The first-order chi connectivity index (χ1) is 9.74. The molecule has 3 nitrogen and oxygen atoms in total. The van der Waals surface area contributed by atoms with E-state index in [1.807, 2.05) is 6.92 Å². The minimum atomic E-state index is 0.547. The van der Waals surface area contributed by atoms with Crippen LogP contribution < -0.4 is 5.32 Å². The van der Waals surface area contributed by atoms with Gasteiger partial charge in [0.1, 0.15) is 16.8 Å². The Hall–Kier alpha value is -0.830. The maximum Gasteiger partial charge on any atom is 0.137 e. The smallest absolute Gasteiger partial charge is 0.137 e. The number of halogens is 1. The number of nitrogens with zero attached hydrogens (tertiary/aromatic N) is 2. The maximum atomic E-state index is 6.28. The van der Waals surface area contributed by atoms with Crippen LogP contribution in [0.5, 0.6) is 0 Å². The molecule has 2 saturated carbocycles. The zero-order valence-electron chi connectivity index (χ0n) is 12.3. The lowest BCUT2D eigenvalue weighted by Gasteiger charge is -2.23. The predicted molar refractivity (Wildman–Crippen MR) is 83.5 cm³/mol. The lowest BCUT2D eigenvalue weighted by Crippen LogP contribution is -2.22. The molecule has 1 aromatic rings. The van der Waals surface area contributed by atoms with E-state index in [9.17, 15) is 0 Å². The molecule has 0 radical (unpaired) electrons. The van der Waals surface area contributed by atoms with Crippen LogP contribution in [-0.2, 0) is 0 Å².